The van der Waals surface area contributed by atoms with Gasteiger partial charge >= 0.3 is 5.97 Å². The van der Waals surface area contributed by atoms with Crippen molar-refractivity contribution in [1.29, 1.82) is 0 Å². The molecule has 1 heterocycles. The first-order chi connectivity index (χ1) is 8.24. The monoisotopic (exact) mass is 248 g/mol. The number of hydrogen-bond acceptors (Lipinski definition) is 3. The van der Waals surface area contributed by atoms with Gasteiger partial charge in [0.15, 0.2) is 0 Å². The Hall–Kier alpha value is -1.81. The molecule has 0 radical (unpaired) electrons. The highest BCUT2D eigenvalue weighted by atomic mass is 32.1. The average Bonchev–Trinajstić information content (AvgIpc) is 2.83. The third-order valence-electron chi connectivity index (χ3n) is 2.57. The SMILES string of the molecule is COc1ccccc1C(C(=O)O)c1ccsc1. The van der Waals surface area contributed by atoms with E-state index in [1.165, 1.54) is 11.3 Å². The normalized spacial score (nSPS) is 12.1. The van der Waals surface area contributed by atoms with Crippen LogP contribution in [0.3, 0.4) is 0 Å². The minimum absolute atomic E-state index is 0.603. The predicted octanol–water partition coefficient (Wildman–Crippen LogP) is 2.97. The van der Waals surface area contributed by atoms with Gasteiger partial charge in [0.2, 0.25) is 0 Å². The quantitative estimate of drug-likeness (QED) is 0.904. The molecule has 17 heavy (non-hydrogen) atoms. The van der Waals surface area contributed by atoms with Crippen molar-refractivity contribution in [2.45, 2.75) is 5.92 Å². The lowest BCUT2D eigenvalue weighted by molar-refractivity contribution is -0.137. The molecule has 0 amide bonds. The summed E-state index contributed by atoms with van der Waals surface area (Å²) in [6.45, 7) is 0. The molecule has 88 valence electrons. The highest BCUT2D eigenvalue weighted by Gasteiger charge is 2.25. The molecule has 4 heteroatoms. The number of rotatable bonds is 4. The maximum absolute atomic E-state index is 11.4. The van der Waals surface area contributed by atoms with Gasteiger partial charge in [-0.25, -0.2) is 0 Å². The molecule has 1 aromatic carbocycles. The summed E-state index contributed by atoms with van der Waals surface area (Å²) in [5.41, 5.74) is 1.47. The van der Waals surface area contributed by atoms with Gasteiger partial charge in [0.25, 0.3) is 0 Å². The van der Waals surface area contributed by atoms with Crippen LogP contribution in [0.15, 0.2) is 41.1 Å². The van der Waals surface area contributed by atoms with Crippen LogP contribution in [0.25, 0.3) is 0 Å². The topological polar surface area (TPSA) is 46.5 Å². The fourth-order valence-corrected chi connectivity index (χ4v) is 2.49. The number of carbonyl (C=O) groups is 1. The lowest BCUT2D eigenvalue weighted by Gasteiger charge is -2.14. The molecular formula is C13H12O3S. The minimum atomic E-state index is -0.868. The third-order valence-corrected chi connectivity index (χ3v) is 3.27. The molecule has 1 unspecified atom stereocenters. The second kappa shape index (κ2) is 5.01. The van der Waals surface area contributed by atoms with Crippen LogP contribution in [0, 0.1) is 0 Å². The van der Waals surface area contributed by atoms with Crippen molar-refractivity contribution in [3.05, 3.63) is 52.2 Å². The van der Waals surface area contributed by atoms with Crippen molar-refractivity contribution in [1.82, 2.24) is 0 Å². The zero-order valence-electron chi connectivity index (χ0n) is 9.29. The van der Waals surface area contributed by atoms with Crippen molar-refractivity contribution >= 4 is 17.3 Å². The van der Waals surface area contributed by atoms with Crippen molar-refractivity contribution in [3.8, 4) is 5.75 Å². The van der Waals surface area contributed by atoms with Gasteiger partial charge in [-0.3, -0.25) is 4.79 Å². The van der Waals surface area contributed by atoms with E-state index < -0.39 is 11.9 Å². The number of carboxylic acid groups (broad SMARTS) is 1. The maximum Gasteiger partial charge on any atom is 0.315 e. The van der Waals surface area contributed by atoms with Crippen molar-refractivity contribution in [2.24, 2.45) is 0 Å². The van der Waals surface area contributed by atoms with E-state index in [-0.39, 0.29) is 0 Å². The fraction of sp³-hybridized carbons (Fsp3) is 0.154. The number of thiophene rings is 1. The van der Waals surface area contributed by atoms with Gasteiger partial charge in [0.05, 0.1) is 7.11 Å². The molecule has 0 saturated heterocycles. The predicted molar refractivity (Wildman–Crippen MR) is 66.8 cm³/mol. The molecule has 0 aliphatic carbocycles. The standard InChI is InChI=1S/C13H12O3S/c1-16-11-5-3-2-4-10(11)12(13(14)15)9-6-7-17-8-9/h2-8,12H,1H3,(H,14,15). The highest BCUT2D eigenvalue weighted by molar-refractivity contribution is 7.08. The van der Waals surface area contributed by atoms with E-state index >= 15 is 0 Å². The highest BCUT2D eigenvalue weighted by Crippen LogP contribution is 2.32. The molecule has 2 aromatic rings. The number of benzene rings is 1. The maximum atomic E-state index is 11.4. The molecule has 1 aromatic heterocycles. The number of hydrogen-bond donors (Lipinski definition) is 1. The molecule has 0 aliphatic heterocycles. The summed E-state index contributed by atoms with van der Waals surface area (Å²) in [7, 11) is 1.55. The fourth-order valence-electron chi connectivity index (χ4n) is 1.80. The van der Waals surface area contributed by atoms with E-state index in [0.29, 0.717) is 11.3 Å². The first kappa shape index (κ1) is 11.7. The molecule has 0 aliphatic rings. The number of ether oxygens (including phenoxy) is 1. The summed E-state index contributed by atoms with van der Waals surface area (Å²) >= 11 is 1.49. The van der Waals surface area contributed by atoms with E-state index in [2.05, 4.69) is 0 Å². The van der Waals surface area contributed by atoms with E-state index in [0.717, 1.165) is 5.56 Å². The van der Waals surface area contributed by atoms with Crippen molar-refractivity contribution < 1.29 is 14.6 Å². The Bertz CT molecular complexity index is 505. The molecule has 1 atom stereocenters. The van der Waals surface area contributed by atoms with Crippen molar-refractivity contribution in [3.63, 3.8) is 0 Å². The van der Waals surface area contributed by atoms with E-state index in [4.69, 9.17) is 4.74 Å². The van der Waals surface area contributed by atoms with Crippen LogP contribution >= 0.6 is 11.3 Å². The van der Waals surface area contributed by atoms with Crippen LogP contribution in [0.1, 0.15) is 17.0 Å². The summed E-state index contributed by atoms with van der Waals surface area (Å²) in [5, 5.41) is 13.1. The van der Waals surface area contributed by atoms with E-state index in [1.54, 1.807) is 19.2 Å². The lowest BCUT2D eigenvalue weighted by Crippen LogP contribution is -2.13. The van der Waals surface area contributed by atoms with Crippen molar-refractivity contribution in [2.75, 3.05) is 7.11 Å². The van der Waals surface area contributed by atoms with Gasteiger partial charge in [-0.15, -0.1) is 0 Å². The Balaban J connectivity index is 2.50. The van der Waals surface area contributed by atoms with Gasteiger partial charge in [0, 0.05) is 5.56 Å². The van der Waals surface area contributed by atoms with Crippen LogP contribution in [-0.2, 0) is 4.79 Å². The minimum Gasteiger partial charge on any atom is -0.496 e. The number of methoxy groups -OCH3 is 1. The van der Waals surface area contributed by atoms with E-state index in [9.17, 15) is 9.90 Å². The van der Waals surface area contributed by atoms with Crippen LogP contribution < -0.4 is 4.74 Å². The molecule has 0 spiro atoms. The zero-order valence-corrected chi connectivity index (χ0v) is 10.1. The summed E-state index contributed by atoms with van der Waals surface area (Å²) in [5.74, 6) is -0.934. The molecule has 0 fully saturated rings. The second-order valence-electron chi connectivity index (χ2n) is 3.57. The van der Waals surface area contributed by atoms with Crippen LogP contribution in [0.4, 0.5) is 0 Å². The molecule has 2 rings (SSSR count). The molecular weight excluding hydrogens is 236 g/mol. The second-order valence-corrected chi connectivity index (χ2v) is 4.35. The van der Waals surface area contributed by atoms with Gasteiger partial charge in [-0.05, 0) is 28.5 Å². The van der Waals surface area contributed by atoms with Gasteiger partial charge in [0.1, 0.15) is 11.7 Å². The summed E-state index contributed by atoms with van der Waals surface area (Å²) in [6.07, 6.45) is 0. The van der Waals surface area contributed by atoms with Crippen LogP contribution in [-0.4, -0.2) is 18.2 Å². The number of aliphatic carboxylic acids is 1. The number of carboxylic acids is 1. The summed E-state index contributed by atoms with van der Waals surface area (Å²) in [4.78, 5) is 11.4. The van der Waals surface area contributed by atoms with Gasteiger partial charge in [-0.2, -0.15) is 11.3 Å². The van der Waals surface area contributed by atoms with Crippen LogP contribution in [0.5, 0.6) is 5.75 Å². The average molecular weight is 248 g/mol. The molecule has 3 nitrogen and oxygen atoms in total. The molecule has 0 bridgehead atoms. The lowest BCUT2D eigenvalue weighted by atomic mass is 9.93. The zero-order chi connectivity index (χ0) is 12.3. The molecule has 0 saturated carbocycles. The largest absolute Gasteiger partial charge is 0.496 e. The first-order valence-electron chi connectivity index (χ1n) is 5.12. The Labute approximate surface area is 103 Å². The third kappa shape index (κ3) is 2.31. The first-order valence-corrected chi connectivity index (χ1v) is 6.06. The van der Waals surface area contributed by atoms with Gasteiger partial charge in [-0.1, -0.05) is 18.2 Å². The summed E-state index contributed by atoms with van der Waals surface area (Å²) in [6, 6.07) is 9.04. The Kier molecular flexibility index (Phi) is 3.44. The Morgan fingerprint density at radius 1 is 1.35 bits per heavy atom. The van der Waals surface area contributed by atoms with Gasteiger partial charge < -0.3 is 9.84 Å². The molecule has 1 N–H and O–H groups in total. The summed E-state index contributed by atoms with van der Waals surface area (Å²) < 4.78 is 5.21. The van der Waals surface area contributed by atoms with E-state index in [1.807, 2.05) is 29.0 Å². The van der Waals surface area contributed by atoms with Crippen LogP contribution in [0.2, 0.25) is 0 Å². The number of para-hydroxylation sites is 1. The Morgan fingerprint density at radius 2 is 2.12 bits per heavy atom. The smallest absolute Gasteiger partial charge is 0.315 e. The Morgan fingerprint density at radius 3 is 2.71 bits per heavy atom.